The quantitative estimate of drug-likeness (QED) is 0.700. The van der Waals surface area contributed by atoms with Crippen molar-refractivity contribution in [1.82, 2.24) is 4.72 Å². The van der Waals surface area contributed by atoms with E-state index in [0.717, 1.165) is 0 Å². The lowest BCUT2D eigenvalue weighted by molar-refractivity contribution is 0.186. The Morgan fingerprint density at radius 2 is 2.18 bits per heavy atom. The molecule has 5 nitrogen and oxygen atoms in total. The molecule has 0 saturated carbocycles. The van der Waals surface area contributed by atoms with Crippen molar-refractivity contribution >= 4 is 27.3 Å². The molecule has 0 fully saturated rings. The Balaban J connectivity index is 2.79. The zero-order valence-electron chi connectivity index (χ0n) is 9.35. The molecule has 0 spiro atoms. The minimum absolute atomic E-state index is 0.0602. The van der Waals surface area contributed by atoms with E-state index in [-0.39, 0.29) is 17.1 Å². The number of aliphatic hydroxyl groups is 1. The second kappa shape index (κ2) is 5.68. The molecule has 0 heterocycles. The number of halogens is 1. The van der Waals surface area contributed by atoms with Gasteiger partial charge in [0.05, 0.1) is 21.7 Å². The molecule has 0 aromatic heterocycles. The minimum atomic E-state index is -3.59. The van der Waals surface area contributed by atoms with Gasteiger partial charge in [-0.05, 0) is 31.5 Å². The standard InChI is InChI=1S/C10H15ClN2O3S/c1-7(14)4-5-13-17(15,16)8-2-3-9(11)10(12)6-8/h2-3,6-7,13-14H,4-5,12H2,1H3/t7-/m0/s1. The number of anilines is 1. The molecule has 1 aromatic carbocycles. The number of hydrogen-bond donors (Lipinski definition) is 3. The minimum Gasteiger partial charge on any atom is -0.397 e. The summed E-state index contributed by atoms with van der Waals surface area (Å²) in [6.45, 7) is 1.76. The van der Waals surface area contributed by atoms with Crippen molar-refractivity contribution < 1.29 is 13.5 Å². The second-order valence-electron chi connectivity index (χ2n) is 3.72. The van der Waals surface area contributed by atoms with Crippen molar-refractivity contribution in [2.24, 2.45) is 0 Å². The second-order valence-corrected chi connectivity index (χ2v) is 5.89. The molecule has 1 atom stereocenters. The van der Waals surface area contributed by atoms with Crippen LogP contribution in [0, 0.1) is 0 Å². The van der Waals surface area contributed by atoms with Crippen LogP contribution in [0.1, 0.15) is 13.3 Å². The van der Waals surface area contributed by atoms with Gasteiger partial charge in [-0.1, -0.05) is 11.6 Å². The van der Waals surface area contributed by atoms with E-state index in [1.54, 1.807) is 6.92 Å². The summed E-state index contributed by atoms with van der Waals surface area (Å²) in [5.74, 6) is 0. The van der Waals surface area contributed by atoms with Crippen LogP contribution in [-0.4, -0.2) is 26.2 Å². The fraction of sp³-hybridized carbons (Fsp3) is 0.400. The topological polar surface area (TPSA) is 92.4 Å². The van der Waals surface area contributed by atoms with E-state index in [1.807, 2.05) is 0 Å². The molecule has 0 aliphatic heterocycles. The van der Waals surface area contributed by atoms with Gasteiger partial charge in [0.2, 0.25) is 10.0 Å². The van der Waals surface area contributed by atoms with Gasteiger partial charge < -0.3 is 10.8 Å². The highest BCUT2D eigenvalue weighted by atomic mass is 35.5. The molecule has 17 heavy (non-hydrogen) atoms. The van der Waals surface area contributed by atoms with Crippen LogP contribution in [0.2, 0.25) is 5.02 Å². The molecule has 1 aromatic rings. The van der Waals surface area contributed by atoms with Crippen LogP contribution in [0.25, 0.3) is 0 Å². The third kappa shape index (κ3) is 4.16. The average Bonchev–Trinajstić information content (AvgIpc) is 2.21. The fourth-order valence-corrected chi connectivity index (χ4v) is 2.37. The molecule has 0 aliphatic carbocycles. The maximum Gasteiger partial charge on any atom is 0.240 e. The van der Waals surface area contributed by atoms with E-state index in [2.05, 4.69) is 4.72 Å². The van der Waals surface area contributed by atoms with Gasteiger partial charge in [0, 0.05) is 6.54 Å². The van der Waals surface area contributed by atoms with Gasteiger partial charge in [0.15, 0.2) is 0 Å². The van der Waals surface area contributed by atoms with Gasteiger partial charge in [0.1, 0.15) is 0 Å². The summed E-state index contributed by atoms with van der Waals surface area (Å²) < 4.78 is 25.9. The van der Waals surface area contributed by atoms with E-state index in [1.165, 1.54) is 18.2 Å². The first kappa shape index (κ1) is 14.2. The predicted molar refractivity (Wildman–Crippen MR) is 67.4 cm³/mol. The number of benzene rings is 1. The van der Waals surface area contributed by atoms with Crippen molar-refractivity contribution in [3.8, 4) is 0 Å². The van der Waals surface area contributed by atoms with Crippen molar-refractivity contribution in [3.05, 3.63) is 23.2 Å². The zero-order chi connectivity index (χ0) is 13.1. The summed E-state index contributed by atoms with van der Waals surface area (Å²) >= 11 is 5.70. The Kier molecular flexibility index (Phi) is 4.76. The number of rotatable bonds is 5. The number of nitrogens with two attached hydrogens (primary N) is 1. The van der Waals surface area contributed by atoms with Gasteiger partial charge in [0.25, 0.3) is 0 Å². The first-order valence-corrected chi connectivity index (χ1v) is 6.92. The van der Waals surface area contributed by atoms with Crippen molar-refractivity contribution in [2.75, 3.05) is 12.3 Å². The lowest BCUT2D eigenvalue weighted by atomic mass is 10.3. The number of aliphatic hydroxyl groups excluding tert-OH is 1. The summed E-state index contributed by atoms with van der Waals surface area (Å²) in [7, 11) is -3.59. The molecule has 0 bridgehead atoms. The predicted octanol–water partition coefficient (Wildman–Crippen LogP) is 0.971. The molecule has 7 heteroatoms. The smallest absolute Gasteiger partial charge is 0.240 e. The Hall–Kier alpha value is -0.820. The third-order valence-corrected chi connectivity index (χ3v) is 3.93. The number of sulfonamides is 1. The van der Waals surface area contributed by atoms with E-state index in [4.69, 9.17) is 22.4 Å². The van der Waals surface area contributed by atoms with Crippen LogP contribution in [0.15, 0.2) is 23.1 Å². The largest absolute Gasteiger partial charge is 0.397 e. The molecule has 0 unspecified atom stereocenters. The highest BCUT2D eigenvalue weighted by Gasteiger charge is 2.14. The monoisotopic (exact) mass is 278 g/mol. The number of nitrogen functional groups attached to an aromatic ring is 1. The van der Waals surface area contributed by atoms with Crippen molar-refractivity contribution in [3.63, 3.8) is 0 Å². The van der Waals surface area contributed by atoms with Gasteiger partial charge in [-0.3, -0.25) is 0 Å². The molecule has 4 N–H and O–H groups in total. The first-order valence-electron chi connectivity index (χ1n) is 5.05. The number of nitrogens with one attached hydrogen (secondary N) is 1. The van der Waals surface area contributed by atoms with E-state index < -0.39 is 16.1 Å². The lowest BCUT2D eigenvalue weighted by Gasteiger charge is -2.08. The highest BCUT2D eigenvalue weighted by molar-refractivity contribution is 7.89. The average molecular weight is 279 g/mol. The van der Waals surface area contributed by atoms with E-state index in [0.29, 0.717) is 11.4 Å². The van der Waals surface area contributed by atoms with E-state index >= 15 is 0 Å². The molecular weight excluding hydrogens is 264 g/mol. The first-order chi connectivity index (χ1) is 7.83. The van der Waals surface area contributed by atoms with Crippen LogP contribution >= 0.6 is 11.6 Å². The molecule has 0 aliphatic rings. The molecular formula is C10H15ClN2O3S. The molecule has 0 saturated heterocycles. The third-order valence-electron chi connectivity index (χ3n) is 2.13. The van der Waals surface area contributed by atoms with Crippen LogP contribution < -0.4 is 10.5 Å². The normalized spacial score (nSPS) is 13.6. The van der Waals surface area contributed by atoms with E-state index in [9.17, 15) is 8.42 Å². The Morgan fingerprint density at radius 3 is 2.71 bits per heavy atom. The van der Waals surface area contributed by atoms with Gasteiger partial charge in [-0.15, -0.1) is 0 Å². The highest BCUT2D eigenvalue weighted by Crippen LogP contribution is 2.21. The Labute approximate surface area is 106 Å². The summed E-state index contributed by atoms with van der Waals surface area (Å²) in [6, 6.07) is 4.11. The molecule has 1 rings (SSSR count). The maximum atomic E-state index is 11.8. The summed E-state index contributed by atoms with van der Waals surface area (Å²) in [5, 5.41) is 9.34. The number of hydrogen-bond acceptors (Lipinski definition) is 4. The Bertz CT molecular complexity index is 488. The van der Waals surface area contributed by atoms with Crippen molar-refractivity contribution in [1.29, 1.82) is 0 Å². The fourth-order valence-electron chi connectivity index (χ4n) is 1.17. The van der Waals surface area contributed by atoms with Crippen LogP contribution in [0.4, 0.5) is 5.69 Å². The van der Waals surface area contributed by atoms with Crippen molar-refractivity contribution in [2.45, 2.75) is 24.3 Å². The molecule has 0 amide bonds. The summed E-state index contributed by atoms with van der Waals surface area (Å²) in [4.78, 5) is 0.0602. The lowest BCUT2D eigenvalue weighted by Crippen LogP contribution is -2.26. The van der Waals surface area contributed by atoms with Gasteiger partial charge >= 0.3 is 0 Å². The maximum absolute atomic E-state index is 11.8. The SMILES string of the molecule is C[C@H](O)CCNS(=O)(=O)c1ccc(Cl)c(N)c1. The Morgan fingerprint density at radius 1 is 1.53 bits per heavy atom. The van der Waals surface area contributed by atoms with Crippen LogP contribution in [0.3, 0.4) is 0 Å². The van der Waals surface area contributed by atoms with Gasteiger partial charge in [-0.25, -0.2) is 13.1 Å². The molecule has 0 radical (unpaired) electrons. The zero-order valence-corrected chi connectivity index (χ0v) is 10.9. The summed E-state index contributed by atoms with van der Waals surface area (Å²) in [6.07, 6.45) is -0.199. The van der Waals surface area contributed by atoms with Crippen LogP contribution in [0.5, 0.6) is 0 Å². The summed E-state index contributed by atoms with van der Waals surface area (Å²) in [5.41, 5.74) is 5.74. The van der Waals surface area contributed by atoms with Crippen LogP contribution in [-0.2, 0) is 10.0 Å². The molecule has 96 valence electrons. The van der Waals surface area contributed by atoms with Gasteiger partial charge in [-0.2, -0.15) is 0 Å².